The second-order valence-corrected chi connectivity index (χ2v) is 2.20. The fourth-order valence-corrected chi connectivity index (χ4v) is 0.560. The standard InChI is InChI=1S/C6H9F5/c1-2-5(8,9)6(10,11)3-4-7/h2-4H2,1H3. The average Bonchev–Trinajstić information content (AvgIpc) is 1.87. The van der Waals surface area contributed by atoms with Gasteiger partial charge in [-0.2, -0.15) is 17.6 Å². The molecule has 0 aromatic rings. The molecule has 0 rings (SSSR count). The Labute approximate surface area is 61.4 Å². The van der Waals surface area contributed by atoms with Crippen LogP contribution in [0.15, 0.2) is 0 Å². The summed E-state index contributed by atoms with van der Waals surface area (Å²) in [7, 11) is 0. The molecule has 0 amide bonds. The van der Waals surface area contributed by atoms with Gasteiger partial charge in [0, 0.05) is 12.8 Å². The Kier molecular flexibility index (Phi) is 3.26. The average molecular weight is 176 g/mol. The van der Waals surface area contributed by atoms with Gasteiger partial charge in [0.15, 0.2) is 0 Å². The highest BCUT2D eigenvalue weighted by Crippen LogP contribution is 2.39. The van der Waals surface area contributed by atoms with Gasteiger partial charge in [-0.25, -0.2) is 0 Å². The molecule has 0 aromatic carbocycles. The lowest BCUT2D eigenvalue weighted by Crippen LogP contribution is -2.40. The Balaban J connectivity index is 4.26. The third kappa shape index (κ3) is 2.31. The van der Waals surface area contributed by atoms with Crippen molar-refractivity contribution in [3.8, 4) is 0 Å². The van der Waals surface area contributed by atoms with Crippen molar-refractivity contribution in [1.29, 1.82) is 0 Å². The van der Waals surface area contributed by atoms with E-state index in [0.717, 1.165) is 6.92 Å². The SMILES string of the molecule is CCC(F)(F)C(F)(F)CCF. The molecule has 11 heavy (non-hydrogen) atoms. The fraction of sp³-hybridized carbons (Fsp3) is 1.00. The smallest absolute Gasteiger partial charge is 0.251 e. The van der Waals surface area contributed by atoms with Gasteiger partial charge < -0.3 is 0 Å². The molecular formula is C6H9F5. The maximum atomic E-state index is 12.2. The molecule has 68 valence electrons. The molecule has 0 aromatic heterocycles. The highest BCUT2D eigenvalue weighted by molar-refractivity contribution is 4.82. The Morgan fingerprint density at radius 1 is 1.00 bits per heavy atom. The van der Waals surface area contributed by atoms with Crippen LogP contribution >= 0.6 is 0 Å². The molecule has 5 heteroatoms. The number of hydrogen-bond donors (Lipinski definition) is 0. The highest BCUT2D eigenvalue weighted by atomic mass is 19.3. The molecule has 0 saturated heterocycles. The molecule has 0 aliphatic carbocycles. The van der Waals surface area contributed by atoms with Gasteiger partial charge in [0.1, 0.15) is 0 Å². The lowest BCUT2D eigenvalue weighted by atomic mass is 10.1. The summed E-state index contributed by atoms with van der Waals surface area (Å²) in [6.07, 6.45) is -2.38. The van der Waals surface area contributed by atoms with Crippen molar-refractivity contribution < 1.29 is 22.0 Å². The lowest BCUT2D eigenvalue weighted by molar-refractivity contribution is -0.214. The first-order valence-corrected chi connectivity index (χ1v) is 3.19. The van der Waals surface area contributed by atoms with E-state index in [0.29, 0.717) is 0 Å². The molecule has 0 unspecified atom stereocenters. The summed E-state index contributed by atoms with van der Waals surface area (Å²) >= 11 is 0. The first-order valence-electron chi connectivity index (χ1n) is 3.19. The molecule has 0 atom stereocenters. The summed E-state index contributed by atoms with van der Waals surface area (Å²) in [5.74, 6) is -8.30. The molecule has 0 aliphatic rings. The maximum Gasteiger partial charge on any atom is 0.312 e. The molecular weight excluding hydrogens is 167 g/mol. The summed E-state index contributed by atoms with van der Waals surface area (Å²) in [5, 5.41) is 0. The maximum absolute atomic E-state index is 12.2. The van der Waals surface area contributed by atoms with Crippen LogP contribution in [0, 0.1) is 0 Å². The van der Waals surface area contributed by atoms with E-state index in [1.165, 1.54) is 0 Å². The normalized spacial score (nSPS) is 13.6. The number of halogens is 5. The van der Waals surface area contributed by atoms with Gasteiger partial charge in [-0.1, -0.05) is 6.92 Å². The summed E-state index contributed by atoms with van der Waals surface area (Å²) in [5.41, 5.74) is 0. The van der Waals surface area contributed by atoms with Crippen LogP contribution < -0.4 is 0 Å². The third-order valence-corrected chi connectivity index (χ3v) is 1.39. The van der Waals surface area contributed by atoms with Crippen molar-refractivity contribution in [1.82, 2.24) is 0 Å². The molecule has 0 bridgehead atoms. The summed E-state index contributed by atoms with van der Waals surface area (Å²) in [4.78, 5) is 0. The molecule has 0 aliphatic heterocycles. The largest absolute Gasteiger partial charge is 0.312 e. The minimum atomic E-state index is -4.21. The van der Waals surface area contributed by atoms with Gasteiger partial charge in [0.05, 0.1) is 6.67 Å². The first kappa shape index (κ1) is 10.7. The summed E-state index contributed by atoms with van der Waals surface area (Å²) < 4.78 is 60.2. The third-order valence-electron chi connectivity index (χ3n) is 1.39. The van der Waals surface area contributed by atoms with Crippen molar-refractivity contribution >= 4 is 0 Å². The van der Waals surface area contributed by atoms with Crippen molar-refractivity contribution in [2.24, 2.45) is 0 Å². The molecule has 0 spiro atoms. The monoisotopic (exact) mass is 176 g/mol. The van der Waals surface area contributed by atoms with Gasteiger partial charge in [-0.05, 0) is 0 Å². The molecule has 0 fully saturated rings. The molecule has 0 N–H and O–H groups in total. The van der Waals surface area contributed by atoms with Gasteiger partial charge >= 0.3 is 11.8 Å². The van der Waals surface area contributed by atoms with E-state index >= 15 is 0 Å². The number of hydrogen-bond acceptors (Lipinski definition) is 0. The van der Waals surface area contributed by atoms with E-state index < -0.39 is 31.4 Å². The Bertz CT molecular complexity index is 120. The van der Waals surface area contributed by atoms with E-state index in [2.05, 4.69) is 0 Å². The summed E-state index contributed by atoms with van der Waals surface area (Å²) in [6, 6.07) is 0. The van der Waals surface area contributed by atoms with E-state index in [-0.39, 0.29) is 0 Å². The first-order chi connectivity index (χ1) is 4.87. The van der Waals surface area contributed by atoms with Crippen LogP contribution in [0.5, 0.6) is 0 Å². The van der Waals surface area contributed by atoms with Gasteiger partial charge in [0.25, 0.3) is 0 Å². The molecule has 0 saturated carbocycles. The Morgan fingerprint density at radius 2 is 1.45 bits per heavy atom. The molecule has 0 heterocycles. The topological polar surface area (TPSA) is 0 Å². The zero-order valence-electron chi connectivity index (χ0n) is 6.01. The second kappa shape index (κ2) is 3.36. The van der Waals surface area contributed by atoms with E-state index in [1.54, 1.807) is 0 Å². The zero-order chi connectivity index (χ0) is 9.12. The van der Waals surface area contributed by atoms with E-state index in [4.69, 9.17) is 0 Å². The van der Waals surface area contributed by atoms with Crippen molar-refractivity contribution in [2.75, 3.05) is 6.67 Å². The van der Waals surface area contributed by atoms with Crippen molar-refractivity contribution in [2.45, 2.75) is 31.6 Å². The number of alkyl halides is 5. The summed E-state index contributed by atoms with van der Waals surface area (Å²) in [6.45, 7) is -0.491. The fourth-order valence-electron chi connectivity index (χ4n) is 0.560. The van der Waals surface area contributed by atoms with Crippen LogP contribution in [0.1, 0.15) is 19.8 Å². The van der Waals surface area contributed by atoms with Gasteiger partial charge in [0.2, 0.25) is 0 Å². The molecule has 0 nitrogen and oxygen atoms in total. The minimum Gasteiger partial charge on any atom is -0.251 e. The number of rotatable bonds is 4. The Hall–Kier alpha value is -0.350. The van der Waals surface area contributed by atoms with Crippen molar-refractivity contribution in [3.05, 3.63) is 0 Å². The highest BCUT2D eigenvalue weighted by Gasteiger charge is 2.53. The Morgan fingerprint density at radius 3 is 1.73 bits per heavy atom. The quantitative estimate of drug-likeness (QED) is 0.577. The minimum absolute atomic E-state index is 0.937. The van der Waals surface area contributed by atoms with Gasteiger partial charge in [-0.15, -0.1) is 0 Å². The van der Waals surface area contributed by atoms with Crippen LogP contribution in [-0.2, 0) is 0 Å². The lowest BCUT2D eigenvalue weighted by Gasteiger charge is -2.24. The van der Waals surface area contributed by atoms with E-state index in [1.807, 2.05) is 0 Å². The second-order valence-electron chi connectivity index (χ2n) is 2.20. The van der Waals surface area contributed by atoms with Crippen LogP contribution in [0.2, 0.25) is 0 Å². The molecule has 0 radical (unpaired) electrons. The van der Waals surface area contributed by atoms with Crippen LogP contribution in [-0.4, -0.2) is 18.5 Å². The predicted molar refractivity (Wildman–Crippen MR) is 30.8 cm³/mol. The van der Waals surface area contributed by atoms with Crippen molar-refractivity contribution in [3.63, 3.8) is 0 Å². The van der Waals surface area contributed by atoms with Crippen LogP contribution in [0.3, 0.4) is 0 Å². The van der Waals surface area contributed by atoms with E-state index in [9.17, 15) is 22.0 Å². The van der Waals surface area contributed by atoms with Crippen LogP contribution in [0.4, 0.5) is 22.0 Å². The zero-order valence-corrected chi connectivity index (χ0v) is 6.01. The van der Waals surface area contributed by atoms with Gasteiger partial charge in [-0.3, -0.25) is 4.39 Å². The predicted octanol–water partition coefficient (Wildman–Crippen LogP) is 3.03. The van der Waals surface area contributed by atoms with Crippen LogP contribution in [0.25, 0.3) is 0 Å².